The number of fused-ring (bicyclic) bond motifs is 1. The fourth-order valence-electron chi connectivity index (χ4n) is 3.68. The highest BCUT2D eigenvalue weighted by atomic mass is 19.4. The molecule has 2 aromatic carbocycles. The zero-order valence-corrected chi connectivity index (χ0v) is 17.7. The van der Waals surface area contributed by atoms with Crippen LogP contribution in [-0.4, -0.2) is 27.0 Å². The first-order valence-corrected chi connectivity index (χ1v) is 10.2. The topological polar surface area (TPSA) is 67.2 Å². The summed E-state index contributed by atoms with van der Waals surface area (Å²) in [6.07, 6.45) is -3.28. The molecular formula is C24H17F6N3O2. The minimum absolute atomic E-state index is 0.0148. The predicted molar refractivity (Wildman–Crippen MR) is 117 cm³/mol. The molecule has 0 aliphatic carbocycles. The largest absolute Gasteiger partial charge is 0.430 e. The summed E-state index contributed by atoms with van der Waals surface area (Å²) in [5.41, 5.74) is -6.04. The first-order valence-electron chi connectivity index (χ1n) is 10.2. The predicted octanol–water partition coefficient (Wildman–Crippen LogP) is 4.80. The minimum Gasteiger partial charge on any atom is -0.369 e. The molecule has 5 nitrogen and oxygen atoms in total. The van der Waals surface area contributed by atoms with Gasteiger partial charge >= 0.3 is 12.4 Å². The second kappa shape index (κ2) is 8.73. The Morgan fingerprint density at radius 1 is 0.886 bits per heavy atom. The van der Waals surface area contributed by atoms with Crippen molar-refractivity contribution in [1.29, 1.82) is 0 Å². The molecule has 4 rings (SSSR count). The van der Waals surface area contributed by atoms with Crippen molar-refractivity contribution >= 4 is 10.9 Å². The van der Waals surface area contributed by atoms with Crippen LogP contribution in [0.15, 0.2) is 89.5 Å². The van der Waals surface area contributed by atoms with Gasteiger partial charge in [0, 0.05) is 23.9 Å². The van der Waals surface area contributed by atoms with Crippen molar-refractivity contribution < 1.29 is 31.4 Å². The summed E-state index contributed by atoms with van der Waals surface area (Å²) in [5, 5.41) is 12.9. The van der Waals surface area contributed by atoms with Crippen LogP contribution in [-0.2, 0) is 12.0 Å². The Morgan fingerprint density at radius 2 is 1.54 bits per heavy atom. The molecule has 35 heavy (non-hydrogen) atoms. The zero-order chi connectivity index (χ0) is 25.4. The molecule has 0 amide bonds. The fourth-order valence-corrected chi connectivity index (χ4v) is 3.68. The van der Waals surface area contributed by atoms with Crippen LogP contribution in [0.5, 0.6) is 0 Å². The van der Waals surface area contributed by atoms with Crippen LogP contribution in [0.25, 0.3) is 16.6 Å². The molecule has 1 aromatic heterocycles. The number of aromatic nitrogens is 2. The Balaban J connectivity index is 1.87. The molecular weight excluding hydrogens is 476 g/mol. The van der Waals surface area contributed by atoms with E-state index in [1.807, 2.05) is 0 Å². The third-order valence-corrected chi connectivity index (χ3v) is 5.44. The maximum Gasteiger partial charge on any atom is 0.430 e. The van der Waals surface area contributed by atoms with Crippen LogP contribution >= 0.6 is 0 Å². The average Bonchev–Trinajstić information content (AvgIpc) is 3.06. The second-order valence-electron chi connectivity index (χ2n) is 7.70. The van der Waals surface area contributed by atoms with Crippen molar-refractivity contribution in [3.05, 3.63) is 106 Å². The minimum atomic E-state index is -6.02. The molecule has 0 fully saturated rings. The summed E-state index contributed by atoms with van der Waals surface area (Å²) < 4.78 is 80.6. The first-order chi connectivity index (χ1) is 16.4. The van der Waals surface area contributed by atoms with Gasteiger partial charge in [0.25, 0.3) is 11.2 Å². The molecule has 11 heteroatoms. The molecule has 182 valence electrons. The van der Waals surface area contributed by atoms with Gasteiger partial charge in [-0.2, -0.15) is 26.3 Å². The Kier molecular flexibility index (Phi) is 6.05. The van der Waals surface area contributed by atoms with Gasteiger partial charge < -0.3 is 10.4 Å². The normalized spacial score (nSPS) is 14.5. The number of rotatable bonds is 4. The quantitative estimate of drug-likeness (QED) is 0.513. The van der Waals surface area contributed by atoms with E-state index in [2.05, 4.69) is 10.3 Å². The standard InChI is InChI=1S/C24H17F6N3O2/c25-23(26,27)22(35,24(28,29)30)15-9-11-17(12-10-15)33-20(14-16-6-2-1-5-13-31-16)32-19-8-4-3-7-18(19)21(33)34/h1-13,31,35H,14H2. The van der Waals surface area contributed by atoms with Gasteiger partial charge in [-0.1, -0.05) is 36.4 Å². The van der Waals surface area contributed by atoms with Gasteiger partial charge in [-0.05, 0) is 36.4 Å². The van der Waals surface area contributed by atoms with Gasteiger partial charge in [-0.25, -0.2) is 4.98 Å². The highest BCUT2D eigenvalue weighted by Crippen LogP contribution is 2.50. The van der Waals surface area contributed by atoms with Gasteiger partial charge in [-0.3, -0.25) is 9.36 Å². The van der Waals surface area contributed by atoms with Gasteiger partial charge in [0.15, 0.2) is 0 Å². The molecule has 0 unspecified atom stereocenters. The molecule has 0 saturated carbocycles. The lowest BCUT2D eigenvalue weighted by Gasteiger charge is -2.32. The van der Waals surface area contributed by atoms with Crippen molar-refractivity contribution in [2.24, 2.45) is 0 Å². The SMILES string of the molecule is O=c1c2ccccc2nc(CC2=CC=CC=CN2)n1-c1ccc(C(O)(C(F)(F)F)C(F)(F)F)cc1. The summed E-state index contributed by atoms with van der Waals surface area (Å²) in [4.78, 5) is 17.8. The Hall–Kier alpha value is -3.86. The van der Waals surface area contributed by atoms with Crippen LogP contribution in [0, 0.1) is 0 Å². The van der Waals surface area contributed by atoms with E-state index >= 15 is 0 Å². The number of nitrogens with zero attached hydrogens (tertiary/aromatic N) is 2. The number of aliphatic hydroxyl groups is 1. The number of allylic oxidation sites excluding steroid dienone is 5. The Labute approximate surface area is 194 Å². The Bertz CT molecular complexity index is 1390. The average molecular weight is 493 g/mol. The monoisotopic (exact) mass is 493 g/mol. The van der Waals surface area contributed by atoms with Crippen LogP contribution in [0.2, 0.25) is 0 Å². The lowest BCUT2D eigenvalue weighted by molar-refractivity contribution is -0.376. The summed E-state index contributed by atoms with van der Waals surface area (Å²) >= 11 is 0. The van der Waals surface area contributed by atoms with Crippen LogP contribution in [0.4, 0.5) is 26.3 Å². The lowest BCUT2D eigenvalue weighted by Crippen LogP contribution is -2.53. The molecule has 3 aromatic rings. The van der Waals surface area contributed by atoms with E-state index in [0.717, 1.165) is 16.7 Å². The van der Waals surface area contributed by atoms with E-state index in [-0.39, 0.29) is 23.3 Å². The number of hydrogen-bond donors (Lipinski definition) is 2. The smallest absolute Gasteiger partial charge is 0.369 e. The maximum absolute atomic E-state index is 13.3. The molecule has 0 spiro atoms. The van der Waals surface area contributed by atoms with Crippen LogP contribution in [0.1, 0.15) is 11.4 Å². The van der Waals surface area contributed by atoms with E-state index in [9.17, 15) is 36.2 Å². The van der Waals surface area contributed by atoms with Crippen molar-refractivity contribution in [3.8, 4) is 5.69 Å². The summed E-state index contributed by atoms with van der Waals surface area (Å²) in [7, 11) is 0. The molecule has 0 saturated heterocycles. The van der Waals surface area contributed by atoms with Crippen molar-refractivity contribution in [2.75, 3.05) is 0 Å². The van der Waals surface area contributed by atoms with Gasteiger partial charge in [0.05, 0.1) is 16.6 Å². The number of alkyl halides is 6. The third-order valence-electron chi connectivity index (χ3n) is 5.44. The zero-order valence-electron chi connectivity index (χ0n) is 17.7. The van der Waals surface area contributed by atoms with Crippen molar-refractivity contribution in [2.45, 2.75) is 24.4 Å². The number of para-hydroxylation sites is 1. The van der Waals surface area contributed by atoms with Gasteiger partial charge in [0.1, 0.15) is 5.82 Å². The van der Waals surface area contributed by atoms with E-state index in [1.54, 1.807) is 48.7 Å². The van der Waals surface area contributed by atoms with Crippen LogP contribution < -0.4 is 10.9 Å². The highest BCUT2D eigenvalue weighted by Gasteiger charge is 2.71. The number of halogens is 6. The van der Waals surface area contributed by atoms with Crippen molar-refractivity contribution in [3.63, 3.8) is 0 Å². The summed E-state index contributed by atoms with van der Waals surface area (Å²) in [6.45, 7) is 0. The van der Waals surface area contributed by atoms with Gasteiger partial charge in [0.2, 0.25) is 0 Å². The number of benzene rings is 2. The fraction of sp³-hybridized carbons (Fsp3) is 0.167. The van der Waals surface area contributed by atoms with E-state index < -0.39 is 29.1 Å². The molecule has 0 radical (unpaired) electrons. The molecule has 1 aliphatic heterocycles. The van der Waals surface area contributed by atoms with E-state index in [0.29, 0.717) is 23.3 Å². The Morgan fingerprint density at radius 3 is 2.20 bits per heavy atom. The van der Waals surface area contributed by atoms with Gasteiger partial charge in [-0.15, -0.1) is 0 Å². The lowest BCUT2D eigenvalue weighted by atomic mass is 9.92. The van der Waals surface area contributed by atoms with E-state index in [1.165, 1.54) is 6.07 Å². The molecule has 2 heterocycles. The highest BCUT2D eigenvalue weighted by molar-refractivity contribution is 5.77. The van der Waals surface area contributed by atoms with Crippen molar-refractivity contribution in [1.82, 2.24) is 14.9 Å². The molecule has 2 N–H and O–H groups in total. The summed E-state index contributed by atoms with van der Waals surface area (Å²) in [6, 6.07) is 9.24. The molecule has 0 atom stereocenters. The van der Waals surface area contributed by atoms with E-state index in [4.69, 9.17) is 0 Å². The number of nitrogens with one attached hydrogen (secondary N) is 1. The summed E-state index contributed by atoms with van der Waals surface area (Å²) in [5.74, 6) is 0.200. The molecule has 1 aliphatic rings. The molecule has 0 bridgehead atoms. The number of hydrogen-bond acceptors (Lipinski definition) is 4. The first kappa shape index (κ1) is 24.3. The maximum atomic E-state index is 13.3. The third kappa shape index (κ3) is 4.34. The second-order valence-corrected chi connectivity index (χ2v) is 7.70. The van der Waals surface area contributed by atoms with Crippen LogP contribution in [0.3, 0.4) is 0 Å².